The fourth-order valence-electron chi connectivity index (χ4n) is 5.15. The van der Waals surface area contributed by atoms with Crippen molar-refractivity contribution in [3.63, 3.8) is 0 Å². The van der Waals surface area contributed by atoms with E-state index < -0.39 is 17.5 Å². The molecule has 4 rings (SSSR count). The van der Waals surface area contributed by atoms with Gasteiger partial charge >= 0.3 is 12.1 Å². The van der Waals surface area contributed by atoms with Crippen molar-refractivity contribution in [2.24, 2.45) is 23.2 Å². The molecule has 1 saturated heterocycles. The van der Waals surface area contributed by atoms with E-state index >= 15 is 0 Å². The standard InChI is InChI=1S/C24H33F3N2O4/c1-3-31-22(30)23(2)11-20(23)21-14-29(8-9-32-21)18-10-19(13-28-12-18)33-15-16-4-6-17(7-5-16)24(25,26)27/h10,12-13,16-17,20-21H,3-9,11,14-15H2,1-2H3/t16?,17?,20?,21-,23?/m1/s1. The lowest BCUT2D eigenvalue weighted by atomic mass is 9.82. The molecule has 0 spiro atoms. The van der Waals surface area contributed by atoms with Crippen LogP contribution < -0.4 is 9.64 Å². The summed E-state index contributed by atoms with van der Waals surface area (Å²) in [7, 11) is 0. The number of nitrogens with zero attached hydrogens (tertiary/aromatic N) is 2. The van der Waals surface area contributed by atoms with Gasteiger partial charge < -0.3 is 19.1 Å². The number of pyridine rings is 1. The minimum absolute atomic E-state index is 0.0541. The van der Waals surface area contributed by atoms with Crippen LogP contribution in [0.5, 0.6) is 5.75 Å². The Hall–Kier alpha value is -2.03. The normalized spacial score (nSPS) is 32.3. The van der Waals surface area contributed by atoms with E-state index in [1.165, 1.54) is 0 Å². The molecule has 2 unspecified atom stereocenters. The van der Waals surface area contributed by atoms with Crippen LogP contribution in [0.1, 0.15) is 46.0 Å². The van der Waals surface area contributed by atoms with Crippen molar-refractivity contribution in [3.8, 4) is 5.75 Å². The van der Waals surface area contributed by atoms with E-state index in [4.69, 9.17) is 14.2 Å². The van der Waals surface area contributed by atoms with Crippen LogP contribution in [0.4, 0.5) is 18.9 Å². The van der Waals surface area contributed by atoms with Gasteiger partial charge in [-0.3, -0.25) is 9.78 Å². The van der Waals surface area contributed by atoms with E-state index in [1.54, 1.807) is 12.4 Å². The van der Waals surface area contributed by atoms with Gasteiger partial charge in [0.15, 0.2) is 0 Å². The molecule has 1 aromatic rings. The number of carbonyl (C=O) groups is 1. The lowest BCUT2D eigenvalue weighted by Crippen LogP contribution is -2.44. The average Bonchev–Trinajstić information content (AvgIpc) is 3.51. The molecule has 2 aliphatic carbocycles. The fraction of sp³-hybridized carbons (Fsp3) is 0.750. The quantitative estimate of drug-likeness (QED) is 0.542. The van der Waals surface area contributed by atoms with Crippen molar-refractivity contribution in [1.82, 2.24) is 4.98 Å². The number of anilines is 1. The molecule has 0 bridgehead atoms. The van der Waals surface area contributed by atoms with E-state index in [9.17, 15) is 18.0 Å². The van der Waals surface area contributed by atoms with Crippen LogP contribution in [0.2, 0.25) is 0 Å². The molecular weight excluding hydrogens is 437 g/mol. The molecule has 1 aliphatic heterocycles. The van der Waals surface area contributed by atoms with Crippen molar-refractivity contribution < 1.29 is 32.2 Å². The predicted molar refractivity (Wildman–Crippen MR) is 116 cm³/mol. The topological polar surface area (TPSA) is 60.9 Å². The molecular formula is C24H33F3N2O4. The first-order chi connectivity index (χ1) is 15.7. The Balaban J connectivity index is 1.29. The van der Waals surface area contributed by atoms with E-state index in [1.807, 2.05) is 19.9 Å². The smallest absolute Gasteiger partial charge is 0.391 e. The maximum Gasteiger partial charge on any atom is 0.391 e. The third kappa shape index (κ3) is 5.55. The van der Waals surface area contributed by atoms with Crippen molar-refractivity contribution >= 4 is 11.7 Å². The average molecular weight is 471 g/mol. The molecule has 33 heavy (non-hydrogen) atoms. The molecule has 1 aromatic heterocycles. The van der Waals surface area contributed by atoms with Crippen LogP contribution in [0.3, 0.4) is 0 Å². The highest BCUT2D eigenvalue weighted by Gasteiger charge is 2.61. The predicted octanol–water partition coefficient (Wildman–Crippen LogP) is 4.62. The second kappa shape index (κ2) is 9.68. The summed E-state index contributed by atoms with van der Waals surface area (Å²) in [6.07, 6.45) is 1.46. The number of esters is 1. The van der Waals surface area contributed by atoms with Crippen LogP contribution in [0.15, 0.2) is 18.5 Å². The molecule has 6 nitrogen and oxygen atoms in total. The summed E-state index contributed by atoms with van der Waals surface area (Å²) >= 11 is 0. The van der Waals surface area contributed by atoms with Gasteiger partial charge in [-0.25, -0.2) is 0 Å². The van der Waals surface area contributed by atoms with E-state index in [0.717, 1.165) is 12.1 Å². The summed E-state index contributed by atoms with van der Waals surface area (Å²) in [5.74, 6) is -0.437. The molecule has 3 atom stereocenters. The van der Waals surface area contributed by atoms with E-state index in [-0.39, 0.29) is 36.8 Å². The third-order valence-electron chi connectivity index (χ3n) is 7.45. The van der Waals surface area contributed by atoms with E-state index in [2.05, 4.69) is 9.88 Å². The maximum atomic E-state index is 12.9. The molecule has 0 amide bonds. The van der Waals surface area contributed by atoms with Gasteiger partial charge in [-0.05, 0) is 51.9 Å². The summed E-state index contributed by atoms with van der Waals surface area (Å²) in [5, 5.41) is 0. The number of aromatic nitrogens is 1. The summed E-state index contributed by atoms with van der Waals surface area (Å²) in [6.45, 7) is 6.47. The Kier molecular flexibility index (Phi) is 7.07. The number of ether oxygens (including phenoxy) is 3. The molecule has 184 valence electrons. The van der Waals surface area contributed by atoms with Crippen molar-refractivity contribution in [2.45, 2.75) is 58.2 Å². The molecule has 9 heteroatoms. The summed E-state index contributed by atoms with van der Waals surface area (Å²) in [4.78, 5) is 18.8. The number of rotatable bonds is 7. The van der Waals surface area contributed by atoms with Crippen molar-refractivity contribution in [2.75, 3.05) is 37.8 Å². The monoisotopic (exact) mass is 470 g/mol. The summed E-state index contributed by atoms with van der Waals surface area (Å²) in [6, 6.07) is 1.92. The zero-order valence-corrected chi connectivity index (χ0v) is 19.3. The lowest BCUT2D eigenvalue weighted by Gasteiger charge is -2.35. The van der Waals surface area contributed by atoms with Gasteiger partial charge in [0.05, 0.1) is 55.3 Å². The minimum atomic E-state index is -4.09. The Morgan fingerprint density at radius 2 is 2.03 bits per heavy atom. The van der Waals surface area contributed by atoms with Crippen LogP contribution in [0, 0.1) is 23.2 Å². The van der Waals surface area contributed by atoms with Gasteiger partial charge in [-0.15, -0.1) is 0 Å². The highest BCUT2D eigenvalue weighted by atomic mass is 19.4. The van der Waals surface area contributed by atoms with Crippen LogP contribution in [0.25, 0.3) is 0 Å². The first-order valence-corrected chi connectivity index (χ1v) is 11.9. The highest BCUT2D eigenvalue weighted by molar-refractivity contribution is 5.80. The summed E-state index contributed by atoms with van der Waals surface area (Å²) in [5.41, 5.74) is 0.443. The molecule has 2 saturated carbocycles. The molecule has 0 aromatic carbocycles. The Bertz CT molecular complexity index is 828. The Morgan fingerprint density at radius 1 is 1.27 bits per heavy atom. The van der Waals surface area contributed by atoms with E-state index in [0.29, 0.717) is 51.5 Å². The highest BCUT2D eigenvalue weighted by Crippen LogP contribution is 2.56. The van der Waals surface area contributed by atoms with Crippen LogP contribution in [-0.2, 0) is 14.3 Å². The zero-order chi connectivity index (χ0) is 23.6. The number of hydrogen-bond donors (Lipinski definition) is 0. The van der Waals surface area contributed by atoms with Gasteiger partial charge in [0, 0.05) is 25.1 Å². The van der Waals surface area contributed by atoms with Gasteiger partial charge in [0.1, 0.15) is 5.75 Å². The SMILES string of the molecule is CCOC(=O)C1(C)CC1[C@H]1CN(c2cncc(OCC3CCC(C(F)(F)F)CC3)c2)CCO1. The largest absolute Gasteiger partial charge is 0.492 e. The maximum absolute atomic E-state index is 12.9. The van der Waals surface area contributed by atoms with Gasteiger partial charge in [-0.2, -0.15) is 13.2 Å². The van der Waals surface area contributed by atoms with Gasteiger partial charge in [0.25, 0.3) is 0 Å². The molecule has 0 N–H and O–H groups in total. The molecule has 3 aliphatic rings. The first-order valence-electron chi connectivity index (χ1n) is 11.9. The number of carbonyl (C=O) groups excluding carboxylic acids is 1. The molecule has 3 fully saturated rings. The second-order valence-electron chi connectivity index (χ2n) is 9.75. The van der Waals surface area contributed by atoms with Gasteiger partial charge in [-0.1, -0.05) is 0 Å². The first kappa shape index (κ1) is 24.1. The van der Waals surface area contributed by atoms with Crippen molar-refractivity contribution in [1.29, 1.82) is 0 Å². The Morgan fingerprint density at radius 3 is 2.73 bits per heavy atom. The lowest BCUT2D eigenvalue weighted by molar-refractivity contribution is -0.184. The Labute approximate surface area is 192 Å². The fourth-order valence-corrected chi connectivity index (χ4v) is 5.15. The van der Waals surface area contributed by atoms with Crippen molar-refractivity contribution in [3.05, 3.63) is 18.5 Å². The second-order valence-corrected chi connectivity index (χ2v) is 9.75. The zero-order valence-electron chi connectivity index (χ0n) is 19.3. The number of alkyl halides is 3. The van der Waals surface area contributed by atoms with Gasteiger partial charge in [0.2, 0.25) is 0 Å². The van der Waals surface area contributed by atoms with Crippen LogP contribution >= 0.6 is 0 Å². The molecule has 2 heterocycles. The third-order valence-corrected chi connectivity index (χ3v) is 7.45. The number of morpholine rings is 1. The molecule has 0 radical (unpaired) electrons. The number of halogens is 3. The van der Waals surface area contributed by atoms with Crippen LogP contribution in [-0.4, -0.2) is 56.1 Å². The summed E-state index contributed by atoms with van der Waals surface area (Å²) < 4.78 is 55.7. The minimum Gasteiger partial charge on any atom is -0.492 e. The number of hydrogen-bond acceptors (Lipinski definition) is 6.